The molecule has 0 saturated carbocycles. The summed E-state index contributed by atoms with van der Waals surface area (Å²) >= 11 is 0. The third kappa shape index (κ3) is 3.63. The van der Waals surface area contributed by atoms with Gasteiger partial charge in [0.1, 0.15) is 0 Å². The first-order valence-corrected chi connectivity index (χ1v) is 7.08. The lowest BCUT2D eigenvalue weighted by atomic mass is 10.2. The molecule has 0 saturated heterocycles. The lowest BCUT2D eigenvalue weighted by molar-refractivity contribution is -0.384. The van der Waals surface area contributed by atoms with Crippen molar-refractivity contribution in [2.75, 3.05) is 14.2 Å². The molecule has 0 aliphatic heterocycles. The molecule has 8 nitrogen and oxygen atoms in total. The van der Waals surface area contributed by atoms with E-state index in [-0.39, 0.29) is 11.3 Å². The van der Waals surface area contributed by atoms with Gasteiger partial charge in [0, 0.05) is 38.8 Å². The normalized spacial score (nSPS) is 12.8. The fraction of sp³-hybridized carbons (Fsp3) is 0.364. The van der Waals surface area contributed by atoms with E-state index in [1.807, 2.05) is 0 Å². The third-order valence-electron chi connectivity index (χ3n) is 2.46. The van der Waals surface area contributed by atoms with Crippen molar-refractivity contribution >= 4 is 19.3 Å². The Morgan fingerprint density at radius 1 is 1.25 bits per heavy atom. The van der Waals surface area contributed by atoms with Crippen LogP contribution in [0.15, 0.2) is 24.3 Å². The first-order chi connectivity index (χ1) is 9.34. The van der Waals surface area contributed by atoms with E-state index in [9.17, 15) is 19.5 Å². The first-order valence-electron chi connectivity index (χ1n) is 5.47. The standard InChI is InChI=1S/C11H14NO7P/c1-8(13)19-11(20(16,17-2)18-3)9-4-6-10(7-5-9)12(14)15/h4-7,11H,1-3H3. The summed E-state index contributed by atoms with van der Waals surface area (Å²) in [7, 11) is -1.40. The highest BCUT2D eigenvalue weighted by molar-refractivity contribution is 7.54. The summed E-state index contributed by atoms with van der Waals surface area (Å²) in [6.45, 7) is 1.15. The molecule has 1 aromatic carbocycles. The van der Waals surface area contributed by atoms with Gasteiger partial charge in [-0.25, -0.2) is 0 Å². The zero-order chi connectivity index (χ0) is 15.3. The highest BCUT2D eigenvalue weighted by atomic mass is 31.2. The Morgan fingerprint density at radius 2 is 1.75 bits per heavy atom. The summed E-state index contributed by atoms with van der Waals surface area (Å²) < 4.78 is 26.9. The minimum absolute atomic E-state index is 0.139. The Morgan fingerprint density at radius 3 is 2.10 bits per heavy atom. The predicted octanol–water partition coefficient (Wildman–Crippen LogP) is 2.64. The van der Waals surface area contributed by atoms with E-state index in [0.29, 0.717) is 0 Å². The van der Waals surface area contributed by atoms with Gasteiger partial charge in [0.25, 0.3) is 5.69 Å². The summed E-state index contributed by atoms with van der Waals surface area (Å²) in [5.74, 6) is -1.96. The van der Waals surface area contributed by atoms with Crippen molar-refractivity contribution in [1.82, 2.24) is 0 Å². The number of ether oxygens (including phenoxy) is 1. The minimum Gasteiger partial charge on any atom is -0.445 e. The van der Waals surface area contributed by atoms with Gasteiger partial charge in [-0.05, 0) is 12.1 Å². The summed E-state index contributed by atoms with van der Waals surface area (Å²) in [4.78, 5) is 21.1. The zero-order valence-corrected chi connectivity index (χ0v) is 12.0. The zero-order valence-electron chi connectivity index (χ0n) is 11.1. The molecular formula is C11H14NO7P. The first kappa shape index (κ1) is 16.3. The predicted molar refractivity (Wildman–Crippen MR) is 69.2 cm³/mol. The van der Waals surface area contributed by atoms with Crippen molar-refractivity contribution in [2.45, 2.75) is 12.8 Å². The largest absolute Gasteiger partial charge is 0.445 e. The number of nitro benzene ring substituents is 1. The second-order valence-electron chi connectivity index (χ2n) is 3.72. The van der Waals surface area contributed by atoms with Gasteiger partial charge in [-0.1, -0.05) is 0 Å². The SMILES string of the molecule is COP(=O)(OC)C(OC(C)=O)c1ccc([N+](=O)[O-])cc1. The molecule has 0 N–H and O–H groups in total. The van der Waals surface area contributed by atoms with Crippen LogP contribution in [0.1, 0.15) is 18.3 Å². The molecule has 20 heavy (non-hydrogen) atoms. The van der Waals surface area contributed by atoms with Crippen molar-refractivity contribution < 1.29 is 28.1 Å². The van der Waals surface area contributed by atoms with Gasteiger partial charge in [-0.3, -0.25) is 19.5 Å². The summed E-state index contributed by atoms with van der Waals surface area (Å²) in [6.07, 6.45) is 0. The van der Waals surface area contributed by atoms with Gasteiger partial charge < -0.3 is 13.8 Å². The number of hydrogen-bond donors (Lipinski definition) is 0. The topological polar surface area (TPSA) is 105 Å². The second-order valence-corrected chi connectivity index (χ2v) is 5.99. The molecule has 0 aliphatic carbocycles. The molecule has 0 aromatic heterocycles. The Hall–Kier alpha value is -1.76. The molecule has 0 bridgehead atoms. The Kier molecular flexibility index (Phi) is 5.38. The van der Waals surface area contributed by atoms with Crippen molar-refractivity contribution in [2.24, 2.45) is 0 Å². The molecule has 9 heteroatoms. The van der Waals surface area contributed by atoms with Crippen LogP contribution in [0.25, 0.3) is 0 Å². The van der Waals surface area contributed by atoms with Gasteiger partial charge in [-0.15, -0.1) is 0 Å². The maximum absolute atomic E-state index is 12.4. The van der Waals surface area contributed by atoms with Crippen molar-refractivity contribution in [3.05, 3.63) is 39.9 Å². The quantitative estimate of drug-likeness (QED) is 0.344. The van der Waals surface area contributed by atoms with Crippen LogP contribution >= 0.6 is 7.60 Å². The van der Waals surface area contributed by atoms with Crippen LogP contribution in [0, 0.1) is 10.1 Å². The molecule has 1 unspecified atom stereocenters. The number of carbonyl (C=O) groups excluding carboxylic acids is 1. The smallest absolute Gasteiger partial charge is 0.375 e. The van der Waals surface area contributed by atoms with Crippen LogP contribution < -0.4 is 0 Å². The fourth-order valence-corrected chi connectivity index (χ4v) is 2.85. The van der Waals surface area contributed by atoms with E-state index in [1.165, 1.54) is 24.3 Å². The highest BCUT2D eigenvalue weighted by Crippen LogP contribution is 2.60. The average Bonchev–Trinajstić information content (AvgIpc) is 2.44. The molecule has 0 heterocycles. The summed E-state index contributed by atoms with van der Waals surface area (Å²) in [5.41, 5.74) is 0.137. The molecular weight excluding hydrogens is 289 g/mol. The number of rotatable bonds is 6. The molecule has 1 aromatic rings. The van der Waals surface area contributed by atoms with Gasteiger partial charge in [0.05, 0.1) is 4.92 Å². The van der Waals surface area contributed by atoms with E-state index in [4.69, 9.17) is 13.8 Å². The molecule has 0 radical (unpaired) electrons. The van der Waals surface area contributed by atoms with Crippen LogP contribution in [0.3, 0.4) is 0 Å². The van der Waals surface area contributed by atoms with Crippen molar-refractivity contribution in [3.63, 3.8) is 0 Å². The number of nitrogens with zero attached hydrogens (tertiary/aromatic N) is 1. The van der Waals surface area contributed by atoms with Gasteiger partial charge in [0.15, 0.2) is 0 Å². The van der Waals surface area contributed by atoms with Crippen molar-refractivity contribution in [3.8, 4) is 0 Å². The van der Waals surface area contributed by atoms with Crippen LogP contribution in [-0.2, 0) is 23.1 Å². The number of nitro groups is 1. The Bertz CT molecular complexity index is 534. The molecule has 1 rings (SSSR count). The molecule has 0 spiro atoms. The van der Waals surface area contributed by atoms with Crippen LogP contribution in [0.4, 0.5) is 5.69 Å². The van der Waals surface area contributed by atoms with E-state index in [1.54, 1.807) is 0 Å². The van der Waals surface area contributed by atoms with E-state index >= 15 is 0 Å². The fourth-order valence-electron chi connectivity index (χ4n) is 1.50. The van der Waals surface area contributed by atoms with Crippen LogP contribution in [0.2, 0.25) is 0 Å². The maximum atomic E-state index is 12.4. The van der Waals surface area contributed by atoms with Crippen LogP contribution in [-0.4, -0.2) is 25.1 Å². The number of carbonyl (C=O) groups is 1. The van der Waals surface area contributed by atoms with Crippen molar-refractivity contribution in [1.29, 1.82) is 0 Å². The molecule has 0 fully saturated rings. The minimum atomic E-state index is -3.72. The monoisotopic (exact) mass is 303 g/mol. The summed E-state index contributed by atoms with van der Waals surface area (Å²) in [5, 5.41) is 10.6. The Balaban J connectivity index is 3.20. The summed E-state index contributed by atoms with van der Waals surface area (Å²) in [6, 6.07) is 5.08. The van der Waals surface area contributed by atoms with Gasteiger partial charge in [0.2, 0.25) is 5.85 Å². The van der Waals surface area contributed by atoms with Crippen LogP contribution in [0.5, 0.6) is 0 Å². The lowest BCUT2D eigenvalue weighted by Gasteiger charge is -2.23. The third-order valence-corrected chi connectivity index (χ3v) is 4.46. The molecule has 0 aliphatic rings. The van der Waals surface area contributed by atoms with Gasteiger partial charge in [-0.2, -0.15) is 0 Å². The lowest BCUT2D eigenvalue weighted by Crippen LogP contribution is -2.11. The highest BCUT2D eigenvalue weighted by Gasteiger charge is 2.38. The number of non-ortho nitro benzene ring substituents is 1. The molecule has 0 amide bonds. The molecule has 1 atom stereocenters. The molecule has 110 valence electrons. The number of hydrogen-bond acceptors (Lipinski definition) is 7. The second kappa shape index (κ2) is 6.60. The van der Waals surface area contributed by atoms with Gasteiger partial charge >= 0.3 is 13.6 Å². The van der Waals surface area contributed by atoms with E-state index < -0.39 is 24.3 Å². The van der Waals surface area contributed by atoms with E-state index in [0.717, 1.165) is 21.1 Å². The average molecular weight is 303 g/mol. The Labute approximate surface area is 115 Å². The number of benzene rings is 1. The number of esters is 1. The van der Waals surface area contributed by atoms with E-state index in [2.05, 4.69) is 0 Å². The maximum Gasteiger partial charge on any atom is 0.375 e.